The van der Waals surface area contributed by atoms with Crippen LogP contribution < -0.4 is 0 Å². The Labute approximate surface area is 123 Å². The third-order valence-electron chi connectivity index (χ3n) is 3.04. The van der Waals surface area contributed by atoms with E-state index in [2.05, 4.69) is 9.47 Å². The molecule has 1 atom stereocenters. The first-order valence-corrected chi connectivity index (χ1v) is 6.46. The quantitative estimate of drug-likeness (QED) is 0.435. The molecule has 21 heavy (non-hydrogen) atoms. The molecule has 0 spiro atoms. The highest BCUT2D eigenvalue weighted by atomic mass is 16.5. The van der Waals surface area contributed by atoms with E-state index in [0.717, 1.165) is 5.56 Å². The minimum Gasteiger partial charge on any atom is -0.468 e. The Morgan fingerprint density at radius 2 is 1.67 bits per heavy atom. The van der Waals surface area contributed by atoms with Crippen molar-refractivity contribution >= 4 is 24.3 Å². The van der Waals surface area contributed by atoms with Gasteiger partial charge < -0.3 is 14.3 Å². The zero-order valence-electron chi connectivity index (χ0n) is 12.0. The van der Waals surface area contributed by atoms with Crippen molar-refractivity contribution < 1.29 is 23.9 Å². The summed E-state index contributed by atoms with van der Waals surface area (Å²) in [7, 11) is 2.38. The van der Waals surface area contributed by atoms with Gasteiger partial charge in [0.15, 0.2) is 5.92 Å². The zero-order chi connectivity index (χ0) is 15.7. The summed E-state index contributed by atoms with van der Waals surface area (Å²) in [4.78, 5) is 34.3. The lowest BCUT2D eigenvalue weighted by Crippen LogP contribution is -2.32. The van der Waals surface area contributed by atoms with Gasteiger partial charge >= 0.3 is 11.9 Å². The minimum absolute atomic E-state index is 0.0260. The maximum Gasteiger partial charge on any atom is 0.320 e. The fraction of sp³-hybridized carbons (Fsp3) is 0.312. The van der Waals surface area contributed by atoms with Gasteiger partial charge in [0.2, 0.25) is 0 Å². The van der Waals surface area contributed by atoms with E-state index in [-0.39, 0.29) is 6.42 Å². The van der Waals surface area contributed by atoms with E-state index in [4.69, 9.17) is 0 Å². The van der Waals surface area contributed by atoms with Crippen molar-refractivity contribution in [2.45, 2.75) is 6.42 Å². The molecule has 1 aromatic carbocycles. The Bertz CT molecular complexity index is 491. The fourth-order valence-corrected chi connectivity index (χ4v) is 1.94. The number of rotatable bonds is 7. The standard InChI is InChI=1S/C16H18O5/c1-20-15(18)14(16(19)21-2)13(10-11-17)9-8-12-6-4-3-5-7-12/h3-9,11,13-14H,10H2,1-2H3/b9-8+/t13-/m1/s1. The molecule has 112 valence electrons. The predicted molar refractivity (Wildman–Crippen MR) is 77.2 cm³/mol. The summed E-state index contributed by atoms with van der Waals surface area (Å²) < 4.78 is 9.25. The maximum absolute atomic E-state index is 11.8. The highest BCUT2D eigenvalue weighted by molar-refractivity contribution is 5.95. The smallest absolute Gasteiger partial charge is 0.320 e. The van der Waals surface area contributed by atoms with Gasteiger partial charge in [0, 0.05) is 12.3 Å². The lowest BCUT2D eigenvalue weighted by atomic mass is 9.89. The van der Waals surface area contributed by atoms with E-state index >= 15 is 0 Å². The normalized spacial score (nSPS) is 12.1. The fourth-order valence-electron chi connectivity index (χ4n) is 1.94. The van der Waals surface area contributed by atoms with Crippen LogP contribution in [0.5, 0.6) is 0 Å². The van der Waals surface area contributed by atoms with Crippen LogP contribution >= 0.6 is 0 Å². The first-order chi connectivity index (χ1) is 10.1. The molecule has 0 fully saturated rings. The van der Waals surface area contributed by atoms with Gasteiger partial charge in [-0.15, -0.1) is 0 Å². The summed E-state index contributed by atoms with van der Waals surface area (Å²) >= 11 is 0. The highest BCUT2D eigenvalue weighted by Gasteiger charge is 2.35. The molecule has 0 unspecified atom stereocenters. The molecule has 0 aliphatic heterocycles. The summed E-state index contributed by atoms with van der Waals surface area (Å²) in [5, 5.41) is 0. The van der Waals surface area contributed by atoms with Gasteiger partial charge in [-0.2, -0.15) is 0 Å². The molecule has 0 saturated heterocycles. The monoisotopic (exact) mass is 290 g/mol. The minimum atomic E-state index is -1.15. The molecule has 0 saturated carbocycles. The van der Waals surface area contributed by atoms with Crippen molar-refractivity contribution in [1.82, 2.24) is 0 Å². The molecule has 0 heterocycles. The number of benzene rings is 1. The number of aldehydes is 1. The Kier molecular flexibility index (Phi) is 6.87. The molecule has 0 amide bonds. The lowest BCUT2D eigenvalue weighted by Gasteiger charge is -2.18. The molecule has 0 bridgehead atoms. The average molecular weight is 290 g/mol. The van der Waals surface area contributed by atoms with Gasteiger partial charge in [-0.3, -0.25) is 9.59 Å². The Morgan fingerprint density at radius 1 is 1.10 bits per heavy atom. The van der Waals surface area contributed by atoms with E-state index in [1.807, 2.05) is 30.3 Å². The second-order valence-corrected chi connectivity index (χ2v) is 4.36. The van der Waals surface area contributed by atoms with Crippen LogP contribution in [-0.4, -0.2) is 32.4 Å². The third-order valence-corrected chi connectivity index (χ3v) is 3.04. The van der Waals surface area contributed by atoms with E-state index in [9.17, 15) is 14.4 Å². The number of ether oxygens (including phenoxy) is 2. The molecule has 0 aliphatic carbocycles. The van der Waals surface area contributed by atoms with Gasteiger partial charge in [0.25, 0.3) is 0 Å². The Morgan fingerprint density at radius 3 is 2.14 bits per heavy atom. The van der Waals surface area contributed by atoms with Crippen LogP contribution in [0.4, 0.5) is 0 Å². The number of hydrogen-bond acceptors (Lipinski definition) is 5. The number of carbonyl (C=O) groups excluding carboxylic acids is 3. The number of methoxy groups -OCH3 is 2. The van der Waals surface area contributed by atoms with Crippen LogP contribution in [0.15, 0.2) is 36.4 Å². The SMILES string of the molecule is COC(=O)C(C(=O)OC)[C@H](/C=C/c1ccccc1)CC=O. The zero-order valence-corrected chi connectivity index (χ0v) is 12.0. The van der Waals surface area contributed by atoms with Crippen molar-refractivity contribution in [1.29, 1.82) is 0 Å². The molecule has 1 aromatic rings. The molecule has 0 aromatic heterocycles. The van der Waals surface area contributed by atoms with Crippen LogP contribution in [0, 0.1) is 11.8 Å². The number of esters is 2. The van der Waals surface area contributed by atoms with E-state index in [0.29, 0.717) is 6.29 Å². The summed E-state index contributed by atoms with van der Waals surface area (Å²) in [5.41, 5.74) is 0.905. The first-order valence-electron chi connectivity index (χ1n) is 6.46. The first kappa shape index (κ1) is 16.6. The van der Waals surface area contributed by atoms with Crippen LogP contribution in [0.3, 0.4) is 0 Å². The molecule has 0 N–H and O–H groups in total. The Balaban J connectivity index is 3.01. The van der Waals surface area contributed by atoms with Crippen LogP contribution in [0.2, 0.25) is 0 Å². The van der Waals surface area contributed by atoms with Crippen molar-refractivity contribution in [2.24, 2.45) is 11.8 Å². The maximum atomic E-state index is 11.8. The molecule has 5 nitrogen and oxygen atoms in total. The van der Waals surface area contributed by atoms with Crippen molar-refractivity contribution in [3.8, 4) is 0 Å². The van der Waals surface area contributed by atoms with E-state index in [1.54, 1.807) is 12.2 Å². The van der Waals surface area contributed by atoms with Crippen LogP contribution in [-0.2, 0) is 23.9 Å². The summed E-state index contributed by atoms with van der Waals surface area (Å²) in [6, 6.07) is 9.37. The average Bonchev–Trinajstić information content (AvgIpc) is 2.53. The van der Waals surface area contributed by atoms with E-state index < -0.39 is 23.8 Å². The topological polar surface area (TPSA) is 69.7 Å². The largest absolute Gasteiger partial charge is 0.468 e. The second-order valence-electron chi connectivity index (χ2n) is 4.36. The van der Waals surface area contributed by atoms with Crippen molar-refractivity contribution in [3.63, 3.8) is 0 Å². The number of allylic oxidation sites excluding steroid dienone is 1. The van der Waals surface area contributed by atoms with Gasteiger partial charge in [0.1, 0.15) is 6.29 Å². The molecule has 0 radical (unpaired) electrons. The lowest BCUT2D eigenvalue weighted by molar-refractivity contribution is -0.160. The summed E-state index contributed by atoms with van der Waals surface area (Å²) in [5.74, 6) is -3.19. The predicted octanol–water partition coefficient (Wildman–Crippen LogP) is 1.87. The third kappa shape index (κ3) is 4.87. The molecule has 5 heteroatoms. The second kappa shape index (κ2) is 8.68. The van der Waals surface area contributed by atoms with Crippen LogP contribution in [0.1, 0.15) is 12.0 Å². The van der Waals surface area contributed by atoms with Crippen molar-refractivity contribution in [2.75, 3.05) is 14.2 Å². The van der Waals surface area contributed by atoms with Crippen molar-refractivity contribution in [3.05, 3.63) is 42.0 Å². The van der Waals surface area contributed by atoms with Gasteiger partial charge in [-0.1, -0.05) is 42.5 Å². The van der Waals surface area contributed by atoms with Gasteiger partial charge in [-0.25, -0.2) is 0 Å². The number of carbonyl (C=O) groups is 3. The van der Waals surface area contributed by atoms with Gasteiger partial charge in [-0.05, 0) is 5.56 Å². The highest BCUT2D eigenvalue weighted by Crippen LogP contribution is 2.21. The molecular weight excluding hydrogens is 272 g/mol. The van der Waals surface area contributed by atoms with Gasteiger partial charge in [0.05, 0.1) is 14.2 Å². The summed E-state index contributed by atoms with van der Waals surface area (Å²) in [6.45, 7) is 0. The van der Waals surface area contributed by atoms with E-state index in [1.165, 1.54) is 14.2 Å². The summed E-state index contributed by atoms with van der Waals surface area (Å²) in [6.07, 6.45) is 4.10. The Hall–Kier alpha value is -2.43. The number of hydrogen-bond donors (Lipinski definition) is 0. The molecule has 1 rings (SSSR count). The van der Waals surface area contributed by atoms with Crippen LogP contribution in [0.25, 0.3) is 6.08 Å². The molecule has 0 aliphatic rings. The molecular formula is C16H18O5.